The molecule has 0 aromatic heterocycles. The quantitative estimate of drug-likeness (QED) is 0.475. The zero-order valence-electron chi connectivity index (χ0n) is 14.0. The Kier molecular flexibility index (Phi) is 9.88. The molecule has 0 radical (unpaired) electrons. The zero-order chi connectivity index (χ0) is 17.1. The lowest BCUT2D eigenvalue weighted by Gasteiger charge is -2.22. The monoisotopic (exact) mass is 337 g/mol. The number of methoxy groups -OCH3 is 1. The summed E-state index contributed by atoms with van der Waals surface area (Å²) >= 11 is 5.92. The lowest BCUT2D eigenvalue weighted by Crippen LogP contribution is -2.38. The van der Waals surface area contributed by atoms with Gasteiger partial charge in [0.25, 0.3) is 0 Å². The molecule has 23 heavy (non-hydrogen) atoms. The third-order valence-corrected chi connectivity index (χ3v) is 3.70. The number of nitrogens with one attached hydrogen (secondary N) is 1. The Morgan fingerprint density at radius 1 is 1.39 bits per heavy atom. The van der Waals surface area contributed by atoms with E-state index in [1.165, 1.54) is 5.56 Å². The molecule has 128 valence electrons. The van der Waals surface area contributed by atoms with Crippen LogP contribution in [-0.4, -0.2) is 31.1 Å². The van der Waals surface area contributed by atoms with Crippen LogP contribution in [0.5, 0.6) is 0 Å². The van der Waals surface area contributed by atoms with Crippen LogP contribution in [0.15, 0.2) is 54.1 Å². The number of rotatable bonds is 11. The molecule has 0 aliphatic carbocycles. The Bertz CT molecular complexity index is 476. The largest absolute Gasteiger partial charge is 0.381 e. The van der Waals surface area contributed by atoms with Crippen molar-refractivity contribution in [2.45, 2.75) is 38.5 Å². The van der Waals surface area contributed by atoms with Gasteiger partial charge in [-0.1, -0.05) is 60.7 Å². The molecule has 0 aliphatic heterocycles. The van der Waals surface area contributed by atoms with Gasteiger partial charge < -0.3 is 9.84 Å². The van der Waals surface area contributed by atoms with Gasteiger partial charge in [-0.25, -0.2) is 0 Å². The second-order valence-corrected chi connectivity index (χ2v) is 6.41. The molecule has 0 aliphatic rings. The smallest absolute Gasteiger partial charge is 0.105 e. The molecule has 1 rings (SSSR count). The number of benzene rings is 1. The molecule has 0 saturated carbocycles. The fourth-order valence-corrected chi connectivity index (χ4v) is 2.77. The fraction of sp³-hybridized carbons (Fsp3) is 0.474. The van der Waals surface area contributed by atoms with E-state index >= 15 is 0 Å². The molecular weight excluding hydrogens is 310 g/mol. The Balaban J connectivity index is 2.46. The minimum atomic E-state index is -0.582. The van der Waals surface area contributed by atoms with Gasteiger partial charge in [0.05, 0.1) is 6.61 Å². The highest BCUT2D eigenvalue weighted by Crippen LogP contribution is 2.20. The van der Waals surface area contributed by atoms with E-state index in [0.29, 0.717) is 24.5 Å². The van der Waals surface area contributed by atoms with Crippen molar-refractivity contribution in [1.82, 2.24) is 5.32 Å². The number of hydrogen-bond acceptors (Lipinski definition) is 3. The lowest BCUT2D eigenvalue weighted by atomic mass is 9.99. The van der Waals surface area contributed by atoms with Crippen molar-refractivity contribution in [2.75, 3.05) is 13.7 Å². The molecule has 0 bridgehead atoms. The second kappa shape index (κ2) is 11.4. The van der Waals surface area contributed by atoms with E-state index in [-0.39, 0.29) is 12.0 Å². The molecule has 4 heteroatoms. The van der Waals surface area contributed by atoms with E-state index in [9.17, 15) is 5.11 Å². The molecule has 0 fully saturated rings. The highest BCUT2D eigenvalue weighted by molar-refractivity contribution is 6.29. The van der Waals surface area contributed by atoms with Crippen LogP contribution >= 0.6 is 11.6 Å². The summed E-state index contributed by atoms with van der Waals surface area (Å²) in [6.07, 6.45) is 5.51. The molecular formula is C19H28ClNO2. The van der Waals surface area contributed by atoms with Gasteiger partial charge in [-0.15, -0.1) is 0 Å². The highest BCUT2D eigenvalue weighted by Gasteiger charge is 2.15. The summed E-state index contributed by atoms with van der Waals surface area (Å²) in [5.74, 6) is 0.140. The summed E-state index contributed by atoms with van der Waals surface area (Å²) in [6.45, 7) is 6.38. The molecule has 0 saturated heterocycles. The number of aliphatic hydroxyl groups excluding tert-OH is 1. The number of hydrogen-bond donors (Lipinski definition) is 2. The van der Waals surface area contributed by atoms with Crippen LogP contribution in [0, 0.1) is 5.92 Å². The number of halogens is 1. The van der Waals surface area contributed by atoms with Crippen LogP contribution in [0.2, 0.25) is 0 Å². The molecule has 2 N–H and O–H groups in total. The van der Waals surface area contributed by atoms with E-state index in [2.05, 4.69) is 31.0 Å². The molecule has 3 unspecified atom stereocenters. The van der Waals surface area contributed by atoms with E-state index < -0.39 is 6.23 Å². The maximum atomic E-state index is 10.3. The second-order valence-electron chi connectivity index (χ2n) is 5.87. The Morgan fingerprint density at radius 2 is 2.09 bits per heavy atom. The molecule has 1 aromatic rings. The van der Waals surface area contributed by atoms with Gasteiger partial charge in [-0.2, -0.15) is 0 Å². The summed E-state index contributed by atoms with van der Waals surface area (Å²) in [5.41, 5.74) is 1.25. The first-order valence-electron chi connectivity index (χ1n) is 7.98. The number of allylic oxidation sites excluding steroid dienone is 2. The van der Waals surface area contributed by atoms with E-state index in [1.807, 2.05) is 30.4 Å². The van der Waals surface area contributed by atoms with E-state index in [4.69, 9.17) is 16.3 Å². The molecule has 0 amide bonds. The number of ether oxygens (including phenoxy) is 1. The molecule has 0 spiro atoms. The van der Waals surface area contributed by atoms with Crippen LogP contribution < -0.4 is 5.32 Å². The van der Waals surface area contributed by atoms with Gasteiger partial charge in [0.15, 0.2) is 0 Å². The van der Waals surface area contributed by atoms with Gasteiger partial charge >= 0.3 is 0 Å². The van der Waals surface area contributed by atoms with E-state index in [0.717, 1.165) is 6.42 Å². The first-order chi connectivity index (χ1) is 11.0. The summed E-state index contributed by atoms with van der Waals surface area (Å²) in [7, 11) is 1.65. The maximum Gasteiger partial charge on any atom is 0.105 e. The van der Waals surface area contributed by atoms with Gasteiger partial charge in [0, 0.05) is 18.2 Å². The van der Waals surface area contributed by atoms with Crippen LogP contribution in [0.25, 0.3) is 0 Å². The lowest BCUT2D eigenvalue weighted by molar-refractivity contribution is 0.104. The SMILES string of the molecule is C=C(Cl)CC(/C=C\COC)CC(O)NC(C)Cc1ccccc1. The maximum absolute atomic E-state index is 10.3. The topological polar surface area (TPSA) is 41.5 Å². The Morgan fingerprint density at radius 3 is 2.70 bits per heavy atom. The van der Waals surface area contributed by atoms with Crippen molar-refractivity contribution in [2.24, 2.45) is 5.92 Å². The van der Waals surface area contributed by atoms with Crippen molar-refractivity contribution >= 4 is 11.6 Å². The van der Waals surface area contributed by atoms with Gasteiger partial charge in [-0.3, -0.25) is 5.32 Å². The normalized spacial score (nSPS) is 15.5. The average Bonchev–Trinajstić information content (AvgIpc) is 2.47. The van der Waals surface area contributed by atoms with Gasteiger partial charge in [0.1, 0.15) is 6.23 Å². The molecule has 3 atom stereocenters. The van der Waals surface area contributed by atoms with E-state index in [1.54, 1.807) is 7.11 Å². The van der Waals surface area contributed by atoms with Crippen molar-refractivity contribution < 1.29 is 9.84 Å². The van der Waals surface area contributed by atoms with Crippen molar-refractivity contribution in [3.8, 4) is 0 Å². The van der Waals surface area contributed by atoms with Crippen molar-refractivity contribution in [1.29, 1.82) is 0 Å². The van der Waals surface area contributed by atoms with Crippen molar-refractivity contribution in [3.05, 3.63) is 59.7 Å². The van der Waals surface area contributed by atoms with Crippen LogP contribution in [0.1, 0.15) is 25.3 Å². The third-order valence-electron chi connectivity index (χ3n) is 3.54. The fourth-order valence-electron chi connectivity index (χ4n) is 2.57. The summed E-state index contributed by atoms with van der Waals surface area (Å²) in [6, 6.07) is 10.4. The summed E-state index contributed by atoms with van der Waals surface area (Å²) in [5, 5.41) is 14.1. The minimum Gasteiger partial charge on any atom is -0.381 e. The van der Waals surface area contributed by atoms with Crippen LogP contribution in [-0.2, 0) is 11.2 Å². The first-order valence-corrected chi connectivity index (χ1v) is 8.36. The van der Waals surface area contributed by atoms with Crippen molar-refractivity contribution in [3.63, 3.8) is 0 Å². The van der Waals surface area contributed by atoms with Crippen LogP contribution in [0.3, 0.4) is 0 Å². The first kappa shape index (κ1) is 19.9. The summed E-state index contributed by atoms with van der Waals surface area (Å²) in [4.78, 5) is 0. The summed E-state index contributed by atoms with van der Waals surface area (Å²) < 4.78 is 5.01. The predicted octanol–water partition coefficient (Wildman–Crippen LogP) is 3.88. The van der Waals surface area contributed by atoms with Crippen LogP contribution in [0.4, 0.5) is 0 Å². The predicted molar refractivity (Wildman–Crippen MR) is 97.5 cm³/mol. The average molecular weight is 338 g/mol. The third kappa shape index (κ3) is 9.57. The Hall–Kier alpha value is -1.13. The molecule has 1 aromatic carbocycles. The molecule has 0 heterocycles. The minimum absolute atomic E-state index is 0.140. The zero-order valence-corrected chi connectivity index (χ0v) is 14.8. The highest BCUT2D eigenvalue weighted by atomic mass is 35.5. The number of aliphatic hydroxyl groups is 1. The Labute approximate surface area is 145 Å². The standard InChI is InChI=1S/C19H28ClNO2/c1-15(20)12-18(10-7-11-23-3)14-19(22)21-16(2)13-17-8-5-4-6-9-17/h4-10,16,18-19,21-22H,1,11-14H2,2-3H3/b10-7-. The van der Waals surface area contributed by atoms with Gasteiger partial charge in [-0.05, 0) is 37.7 Å². The molecule has 3 nitrogen and oxygen atoms in total. The van der Waals surface area contributed by atoms with Gasteiger partial charge in [0.2, 0.25) is 0 Å².